The molecule has 0 fully saturated rings. The third-order valence-corrected chi connectivity index (χ3v) is 2.82. The van der Waals surface area contributed by atoms with Crippen molar-refractivity contribution in [2.24, 2.45) is 0 Å². The lowest BCUT2D eigenvalue weighted by molar-refractivity contribution is 0.503. The molecule has 0 aliphatic rings. The summed E-state index contributed by atoms with van der Waals surface area (Å²) in [5, 5.41) is 0. The van der Waals surface area contributed by atoms with Gasteiger partial charge in [-0.3, -0.25) is 0 Å². The summed E-state index contributed by atoms with van der Waals surface area (Å²) in [5.74, 6) is 3.74. The van der Waals surface area contributed by atoms with Gasteiger partial charge in [-0.25, -0.2) is 8.78 Å². The van der Waals surface area contributed by atoms with E-state index >= 15 is 0 Å². The molecule has 2 aromatic rings. The second kappa shape index (κ2) is 6.48. The summed E-state index contributed by atoms with van der Waals surface area (Å²) >= 11 is 0. The summed E-state index contributed by atoms with van der Waals surface area (Å²) in [5.41, 5.74) is -0.664. The Labute approximate surface area is 124 Å². The first kappa shape index (κ1) is 15.8. The number of rotatable bonds is 2. The number of allylic oxidation sites excluding steroid dienone is 1. The second-order valence-corrected chi connectivity index (χ2v) is 4.46. The fourth-order valence-electron chi connectivity index (χ4n) is 1.74. The van der Waals surface area contributed by atoms with Crippen LogP contribution in [0.25, 0.3) is 5.47 Å². The zero-order valence-corrected chi connectivity index (χ0v) is 11.2. The molecular formula is C16H9BF5-. The Morgan fingerprint density at radius 3 is 1.82 bits per heavy atom. The molecule has 0 saturated carbocycles. The molecule has 0 N–H and O–H groups in total. The summed E-state index contributed by atoms with van der Waals surface area (Å²) in [7, 11) is 0. The lowest BCUT2D eigenvalue weighted by Crippen LogP contribution is -2.18. The van der Waals surface area contributed by atoms with Crippen LogP contribution in [0.3, 0.4) is 0 Å². The summed E-state index contributed by atoms with van der Waals surface area (Å²) < 4.78 is 64.7. The van der Waals surface area contributed by atoms with E-state index in [1.807, 2.05) is 0 Å². The molecule has 0 bridgehead atoms. The van der Waals surface area contributed by atoms with E-state index in [9.17, 15) is 21.7 Å². The van der Waals surface area contributed by atoms with E-state index in [1.165, 1.54) is 24.3 Å². The Hall–Kier alpha value is -2.55. The van der Waals surface area contributed by atoms with Crippen molar-refractivity contribution in [3.05, 3.63) is 77.4 Å². The molecular weight excluding hydrogens is 298 g/mol. The molecule has 0 aliphatic heterocycles. The van der Waals surface area contributed by atoms with Gasteiger partial charge in [0.1, 0.15) is 11.6 Å². The molecule has 0 nitrogen and oxygen atoms in total. The molecule has 22 heavy (non-hydrogen) atoms. The van der Waals surface area contributed by atoms with E-state index < -0.39 is 24.1 Å². The highest BCUT2D eigenvalue weighted by Crippen LogP contribution is 2.29. The van der Waals surface area contributed by atoms with Crippen molar-refractivity contribution in [2.45, 2.75) is 0 Å². The highest BCUT2D eigenvalue weighted by Gasteiger charge is 2.29. The predicted octanol–water partition coefficient (Wildman–Crippen LogP) is 4.79. The first-order valence-electron chi connectivity index (χ1n) is 6.29. The van der Waals surface area contributed by atoms with Crippen LogP contribution in [0.4, 0.5) is 21.7 Å². The SMILES string of the molecule is Fc1ccc(C#C/C=C(/c2ccc(F)cc2)[B-](F)(F)F)cc1. The zero-order chi connectivity index (χ0) is 16.2. The minimum absolute atomic E-state index is 0.151. The lowest BCUT2D eigenvalue weighted by Gasteiger charge is -2.18. The highest BCUT2D eigenvalue weighted by atomic mass is 19.4. The van der Waals surface area contributed by atoms with Gasteiger partial charge in [-0.1, -0.05) is 35.0 Å². The van der Waals surface area contributed by atoms with Crippen LogP contribution in [0.5, 0.6) is 0 Å². The molecule has 0 atom stereocenters. The molecule has 2 rings (SSSR count). The predicted molar refractivity (Wildman–Crippen MR) is 76.7 cm³/mol. The van der Waals surface area contributed by atoms with Crippen LogP contribution in [0.2, 0.25) is 0 Å². The molecule has 0 radical (unpaired) electrons. The summed E-state index contributed by atoms with van der Waals surface area (Å²) in [4.78, 5) is 0. The topological polar surface area (TPSA) is 0 Å². The zero-order valence-electron chi connectivity index (χ0n) is 11.2. The lowest BCUT2D eigenvalue weighted by atomic mass is 9.74. The van der Waals surface area contributed by atoms with Crippen LogP contribution in [-0.4, -0.2) is 6.98 Å². The number of halogens is 5. The normalized spacial score (nSPS) is 11.8. The Bertz CT molecular complexity index is 731. The van der Waals surface area contributed by atoms with Gasteiger partial charge in [-0.15, -0.1) is 0 Å². The molecule has 0 saturated heterocycles. The van der Waals surface area contributed by atoms with Gasteiger partial charge in [-0.05, 0) is 42.5 Å². The van der Waals surface area contributed by atoms with E-state index in [2.05, 4.69) is 11.8 Å². The third kappa shape index (κ3) is 4.22. The fourth-order valence-corrected chi connectivity index (χ4v) is 1.74. The highest BCUT2D eigenvalue weighted by molar-refractivity contribution is 6.79. The molecule has 112 valence electrons. The first-order chi connectivity index (χ1) is 10.4. The number of hydrogen-bond acceptors (Lipinski definition) is 0. The van der Waals surface area contributed by atoms with Crippen LogP contribution in [0, 0.1) is 23.5 Å². The number of benzene rings is 2. The average molecular weight is 307 g/mol. The van der Waals surface area contributed by atoms with Crippen LogP contribution < -0.4 is 0 Å². The summed E-state index contributed by atoms with van der Waals surface area (Å²) in [6.07, 6.45) is 0.747. The average Bonchev–Trinajstić information content (AvgIpc) is 2.46. The molecule has 0 unspecified atom stereocenters. The Kier molecular flexibility index (Phi) is 4.67. The van der Waals surface area contributed by atoms with Crippen LogP contribution in [-0.2, 0) is 0 Å². The third-order valence-electron chi connectivity index (χ3n) is 2.82. The monoisotopic (exact) mass is 307 g/mol. The summed E-state index contributed by atoms with van der Waals surface area (Å²) in [6.45, 7) is -5.29. The van der Waals surface area contributed by atoms with Gasteiger partial charge in [0.05, 0.1) is 0 Å². The van der Waals surface area contributed by atoms with Crippen LogP contribution in [0.1, 0.15) is 11.1 Å². The van der Waals surface area contributed by atoms with Gasteiger partial charge >= 0.3 is 6.98 Å². The molecule has 2 aromatic carbocycles. The van der Waals surface area contributed by atoms with Crippen molar-refractivity contribution in [2.75, 3.05) is 0 Å². The molecule has 6 heteroatoms. The van der Waals surface area contributed by atoms with Gasteiger partial charge in [0.25, 0.3) is 0 Å². The smallest absolute Gasteiger partial charge is 0.445 e. The standard InChI is InChI=1S/C16H9BF5/c18-14-8-4-12(5-9-14)2-1-3-16(17(20,21)22)13-6-10-15(19)11-7-13/h3-11H/q-1/b16-3-. The minimum atomic E-state index is -5.29. The van der Waals surface area contributed by atoms with Crippen molar-refractivity contribution in [1.82, 2.24) is 0 Å². The maximum atomic E-state index is 13.1. The van der Waals surface area contributed by atoms with E-state index in [0.29, 0.717) is 5.56 Å². The molecule has 0 aliphatic carbocycles. The van der Waals surface area contributed by atoms with Crippen molar-refractivity contribution in [3.8, 4) is 11.8 Å². The van der Waals surface area contributed by atoms with Gasteiger partial charge in [0.2, 0.25) is 0 Å². The molecule has 0 spiro atoms. The Morgan fingerprint density at radius 2 is 1.32 bits per heavy atom. The number of hydrogen-bond donors (Lipinski definition) is 0. The van der Waals surface area contributed by atoms with E-state index in [0.717, 1.165) is 30.3 Å². The van der Waals surface area contributed by atoms with Crippen LogP contribution >= 0.6 is 0 Å². The van der Waals surface area contributed by atoms with E-state index in [4.69, 9.17) is 0 Å². The maximum absolute atomic E-state index is 13.1. The Morgan fingerprint density at radius 1 is 0.818 bits per heavy atom. The van der Waals surface area contributed by atoms with Crippen molar-refractivity contribution in [3.63, 3.8) is 0 Å². The molecule has 0 heterocycles. The molecule has 0 aromatic heterocycles. The quantitative estimate of drug-likeness (QED) is 0.425. The van der Waals surface area contributed by atoms with E-state index in [1.54, 1.807) is 0 Å². The van der Waals surface area contributed by atoms with Gasteiger partial charge in [0.15, 0.2) is 0 Å². The van der Waals surface area contributed by atoms with E-state index in [-0.39, 0.29) is 5.56 Å². The molecule has 0 amide bonds. The van der Waals surface area contributed by atoms with Crippen LogP contribution in [0.15, 0.2) is 54.6 Å². The maximum Gasteiger partial charge on any atom is 0.510 e. The first-order valence-corrected chi connectivity index (χ1v) is 6.29. The van der Waals surface area contributed by atoms with Gasteiger partial charge in [0, 0.05) is 5.56 Å². The minimum Gasteiger partial charge on any atom is -0.445 e. The van der Waals surface area contributed by atoms with Crippen molar-refractivity contribution >= 4 is 12.4 Å². The second-order valence-electron chi connectivity index (χ2n) is 4.46. The van der Waals surface area contributed by atoms with Gasteiger partial charge in [-0.2, -0.15) is 0 Å². The van der Waals surface area contributed by atoms with Crippen molar-refractivity contribution in [1.29, 1.82) is 0 Å². The fraction of sp³-hybridized carbons (Fsp3) is 0. The largest absolute Gasteiger partial charge is 0.510 e. The summed E-state index contributed by atoms with van der Waals surface area (Å²) in [6, 6.07) is 9.09. The van der Waals surface area contributed by atoms with Gasteiger partial charge < -0.3 is 12.9 Å². The van der Waals surface area contributed by atoms with Crippen molar-refractivity contribution < 1.29 is 21.7 Å². The Balaban J connectivity index is 2.34.